The highest BCUT2D eigenvalue weighted by Gasteiger charge is 2.32. The first-order valence-electron chi connectivity index (χ1n) is 10.8. The minimum atomic E-state index is -4.55. The van der Waals surface area contributed by atoms with Crippen LogP contribution in [0.5, 0.6) is 11.5 Å². The van der Waals surface area contributed by atoms with Crippen LogP contribution in [0.2, 0.25) is 5.02 Å². The van der Waals surface area contributed by atoms with Crippen LogP contribution >= 0.6 is 11.6 Å². The van der Waals surface area contributed by atoms with Crippen molar-refractivity contribution in [1.82, 2.24) is 14.5 Å². The molecule has 36 heavy (non-hydrogen) atoms. The minimum Gasteiger partial charge on any atom is -0.484 e. The molecule has 186 valence electrons. The zero-order valence-electron chi connectivity index (χ0n) is 19.0. The second kappa shape index (κ2) is 8.90. The highest BCUT2D eigenvalue weighted by Crippen LogP contribution is 2.41. The summed E-state index contributed by atoms with van der Waals surface area (Å²) in [5, 5.41) is 6.15. The molecule has 0 fully saturated rings. The molecule has 12 heteroatoms. The second-order valence-electron chi connectivity index (χ2n) is 8.07. The standard InChI is InChI=1S/C24H19ClF3N5O3/c1-12-5-3-8-15(25)16(12)31-23-32-21-18(33(23)2)20-19(35-9-10-36-20)17(30-21)22(34)29-14-7-4-6-13(11-14)24(26,27)28/h3-8,11H,9-10H2,1-2H3,(H,29,34)(H,30,31,32). The third-order valence-corrected chi connectivity index (χ3v) is 5.94. The van der Waals surface area contributed by atoms with Crippen molar-refractivity contribution in [2.24, 2.45) is 7.05 Å². The van der Waals surface area contributed by atoms with E-state index in [0.29, 0.717) is 22.2 Å². The molecule has 0 radical (unpaired) electrons. The molecule has 8 nitrogen and oxygen atoms in total. The molecule has 0 atom stereocenters. The first-order valence-corrected chi connectivity index (χ1v) is 11.2. The first-order chi connectivity index (χ1) is 17.1. The van der Waals surface area contributed by atoms with Gasteiger partial charge in [-0.25, -0.2) is 4.98 Å². The van der Waals surface area contributed by atoms with Crippen molar-refractivity contribution in [2.75, 3.05) is 23.8 Å². The van der Waals surface area contributed by atoms with Gasteiger partial charge in [0.05, 0.1) is 16.3 Å². The number of para-hydroxylation sites is 1. The summed E-state index contributed by atoms with van der Waals surface area (Å²) in [6, 6.07) is 9.78. The van der Waals surface area contributed by atoms with Gasteiger partial charge in [0.1, 0.15) is 18.7 Å². The van der Waals surface area contributed by atoms with Gasteiger partial charge in [0, 0.05) is 12.7 Å². The summed E-state index contributed by atoms with van der Waals surface area (Å²) < 4.78 is 52.5. The van der Waals surface area contributed by atoms with Gasteiger partial charge in [-0.1, -0.05) is 29.8 Å². The van der Waals surface area contributed by atoms with Crippen LogP contribution in [-0.2, 0) is 13.2 Å². The van der Waals surface area contributed by atoms with Crippen LogP contribution in [0.15, 0.2) is 42.5 Å². The van der Waals surface area contributed by atoms with Crippen molar-refractivity contribution < 1.29 is 27.4 Å². The monoisotopic (exact) mass is 517 g/mol. The summed E-state index contributed by atoms with van der Waals surface area (Å²) in [5.74, 6) is -0.0262. The van der Waals surface area contributed by atoms with Crippen molar-refractivity contribution in [2.45, 2.75) is 13.1 Å². The molecule has 0 saturated heterocycles. The van der Waals surface area contributed by atoms with Crippen molar-refractivity contribution in [1.29, 1.82) is 0 Å². The molecule has 0 aliphatic carbocycles. The Labute approximate surface area is 208 Å². The lowest BCUT2D eigenvalue weighted by Gasteiger charge is -2.21. The average Bonchev–Trinajstić information content (AvgIpc) is 3.16. The number of benzene rings is 2. The molecule has 0 unspecified atom stereocenters. The Hall–Kier alpha value is -3.99. The largest absolute Gasteiger partial charge is 0.484 e. The molecule has 2 aromatic carbocycles. The summed E-state index contributed by atoms with van der Waals surface area (Å²) in [5.41, 5.74) is 1.13. The van der Waals surface area contributed by atoms with Crippen LogP contribution in [0.1, 0.15) is 21.6 Å². The Kier molecular flexibility index (Phi) is 5.87. The topological polar surface area (TPSA) is 90.3 Å². The number of ether oxygens (including phenoxy) is 2. The number of carbonyl (C=O) groups is 1. The number of aromatic nitrogens is 3. The van der Waals surface area contributed by atoms with E-state index in [1.165, 1.54) is 12.1 Å². The van der Waals surface area contributed by atoms with Crippen LogP contribution in [0.3, 0.4) is 0 Å². The summed E-state index contributed by atoms with van der Waals surface area (Å²) >= 11 is 6.35. The number of hydrogen-bond donors (Lipinski definition) is 2. The van der Waals surface area contributed by atoms with E-state index in [2.05, 4.69) is 20.6 Å². The number of nitrogens with one attached hydrogen (secondary N) is 2. The molecule has 1 aliphatic rings. The van der Waals surface area contributed by atoms with Gasteiger partial charge in [0.15, 0.2) is 22.8 Å². The van der Waals surface area contributed by atoms with Crippen molar-refractivity contribution in [3.05, 3.63) is 64.3 Å². The number of halogens is 4. The SMILES string of the molecule is Cc1cccc(Cl)c1Nc1nc2nc(C(=O)Nc3cccc(C(F)(F)F)c3)c3c(c2n1C)OCCO3. The molecule has 5 rings (SSSR count). The molecule has 4 aromatic rings. The molecule has 2 N–H and O–H groups in total. The predicted molar refractivity (Wildman–Crippen MR) is 128 cm³/mol. The third-order valence-electron chi connectivity index (χ3n) is 5.63. The van der Waals surface area contributed by atoms with Gasteiger partial charge >= 0.3 is 6.18 Å². The van der Waals surface area contributed by atoms with E-state index in [4.69, 9.17) is 21.1 Å². The molecule has 0 bridgehead atoms. The molecule has 0 spiro atoms. The molecule has 3 heterocycles. The Morgan fingerprint density at radius 1 is 1.08 bits per heavy atom. The lowest BCUT2D eigenvalue weighted by Crippen LogP contribution is -2.22. The number of imidazole rings is 1. The van der Waals surface area contributed by atoms with Crippen molar-refractivity contribution in [3.8, 4) is 11.5 Å². The number of hydrogen-bond acceptors (Lipinski definition) is 6. The number of fused-ring (bicyclic) bond motifs is 3. The number of alkyl halides is 3. The summed E-state index contributed by atoms with van der Waals surface area (Å²) in [7, 11) is 1.74. The summed E-state index contributed by atoms with van der Waals surface area (Å²) in [4.78, 5) is 22.0. The predicted octanol–water partition coefficient (Wildman–Crippen LogP) is 5.72. The van der Waals surface area contributed by atoms with Gasteiger partial charge < -0.3 is 24.7 Å². The summed E-state index contributed by atoms with van der Waals surface area (Å²) in [6.07, 6.45) is -4.55. The van der Waals surface area contributed by atoms with Crippen LogP contribution in [0.4, 0.5) is 30.5 Å². The number of nitrogens with zero attached hydrogens (tertiary/aromatic N) is 3. The molecule has 1 aliphatic heterocycles. The fourth-order valence-electron chi connectivity index (χ4n) is 3.87. The molecule has 0 saturated carbocycles. The van der Waals surface area contributed by atoms with E-state index in [0.717, 1.165) is 17.7 Å². The zero-order chi connectivity index (χ0) is 25.6. The van der Waals surface area contributed by atoms with Gasteiger partial charge in [-0.15, -0.1) is 0 Å². The maximum Gasteiger partial charge on any atom is 0.416 e. The van der Waals surface area contributed by atoms with Crippen molar-refractivity contribution >= 4 is 46.0 Å². The van der Waals surface area contributed by atoms with Crippen molar-refractivity contribution in [3.63, 3.8) is 0 Å². The Bertz CT molecular complexity index is 1480. The van der Waals surface area contributed by atoms with Crippen LogP contribution in [0.25, 0.3) is 11.2 Å². The fourth-order valence-corrected chi connectivity index (χ4v) is 4.14. The van der Waals surface area contributed by atoms with Gasteiger partial charge in [-0.05, 0) is 36.8 Å². The van der Waals surface area contributed by atoms with Gasteiger partial charge in [-0.3, -0.25) is 4.79 Å². The number of pyridine rings is 1. The lowest BCUT2D eigenvalue weighted by molar-refractivity contribution is -0.137. The second-order valence-corrected chi connectivity index (χ2v) is 8.48. The van der Waals surface area contributed by atoms with Crippen LogP contribution in [-0.4, -0.2) is 33.7 Å². The number of carbonyl (C=O) groups excluding carboxylic acids is 1. The van der Waals surface area contributed by atoms with Crippen LogP contribution < -0.4 is 20.1 Å². The Morgan fingerprint density at radius 3 is 2.53 bits per heavy atom. The summed E-state index contributed by atoms with van der Waals surface area (Å²) in [6.45, 7) is 2.30. The average molecular weight is 518 g/mol. The number of aryl methyl sites for hydroxylation is 2. The van der Waals surface area contributed by atoms with E-state index >= 15 is 0 Å². The number of anilines is 3. The van der Waals surface area contributed by atoms with E-state index in [9.17, 15) is 18.0 Å². The highest BCUT2D eigenvalue weighted by atomic mass is 35.5. The van der Waals surface area contributed by atoms with E-state index in [1.54, 1.807) is 17.7 Å². The molecular weight excluding hydrogens is 499 g/mol. The Morgan fingerprint density at radius 2 is 1.81 bits per heavy atom. The quantitative estimate of drug-likeness (QED) is 0.360. The lowest BCUT2D eigenvalue weighted by atomic mass is 10.2. The molecular formula is C24H19ClF3N5O3. The van der Waals surface area contributed by atoms with Gasteiger partial charge in [0.2, 0.25) is 5.95 Å². The van der Waals surface area contributed by atoms with Crippen LogP contribution in [0, 0.1) is 6.92 Å². The smallest absolute Gasteiger partial charge is 0.416 e. The molecule has 1 amide bonds. The van der Waals surface area contributed by atoms with Gasteiger partial charge in [0.25, 0.3) is 5.91 Å². The minimum absolute atomic E-state index is 0.0419. The van der Waals surface area contributed by atoms with E-state index in [-0.39, 0.29) is 41.7 Å². The fraction of sp³-hybridized carbons (Fsp3) is 0.208. The maximum atomic E-state index is 13.1. The molecule has 2 aromatic heterocycles. The highest BCUT2D eigenvalue weighted by molar-refractivity contribution is 6.33. The first kappa shape index (κ1) is 23.7. The number of amides is 1. The Balaban J connectivity index is 1.56. The van der Waals surface area contributed by atoms with E-state index in [1.807, 2.05) is 19.1 Å². The third kappa shape index (κ3) is 4.26. The normalized spacial score (nSPS) is 13.1. The van der Waals surface area contributed by atoms with Gasteiger partial charge in [-0.2, -0.15) is 18.2 Å². The zero-order valence-corrected chi connectivity index (χ0v) is 19.8. The number of rotatable bonds is 4. The van der Waals surface area contributed by atoms with E-state index < -0.39 is 17.6 Å². The maximum absolute atomic E-state index is 13.1.